The molecule has 0 fully saturated rings. The van der Waals surface area contributed by atoms with E-state index in [1.54, 1.807) is 3.58 Å². The van der Waals surface area contributed by atoms with Gasteiger partial charge in [0.1, 0.15) is 0 Å². The van der Waals surface area contributed by atoms with Gasteiger partial charge >= 0.3 is 165 Å². The Balaban J connectivity index is 2.91. The molecule has 0 saturated heterocycles. The minimum atomic E-state index is -2.35. The van der Waals surface area contributed by atoms with Crippen molar-refractivity contribution in [2.75, 3.05) is 13.2 Å². The zero-order chi connectivity index (χ0) is 19.3. The molecule has 0 aliphatic carbocycles. The number of unbranched alkanes of at least 4 members (excludes halogenated alkanes) is 3. The van der Waals surface area contributed by atoms with E-state index in [2.05, 4.69) is 45.0 Å². The average Bonchev–Trinajstić information content (AvgIpc) is 2.67. The van der Waals surface area contributed by atoms with Gasteiger partial charge in [0, 0.05) is 0 Å². The van der Waals surface area contributed by atoms with E-state index in [0.29, 0.717) is 6.61 Å². The summed E-state index contributed by atoms with van der Waals surface area (Å²) in [6.45, 7) is 9.11. The normalized spacial score (nSPS) is 11.4. The molecule has 0 bridgehead atoms. The molecular formula is C22H38O3Sn. The first-order valence-electron chi connectivity index (χ1n) is 10.5. The van der Waals surface area contributed by atoms with E-state index in [4.69, 9.17) is 9.47 Å². The Morgan fingerprint density at radius 1 is 0.846 bits per heavy atom. The summed E-state index contributed by atoms with van der Waals surface area (Å²) >= 11 is -2.35. The van der Waals surface area contributed by atoms with Gasteiger partial charge in [-0.05, 0) is 0 Å². The van der Waals surface area contributed by atoms with E-state index in [-0.39, 0.29) is 12.6 Å². The second-order valence-electron chi connectivity index (χ2n) is 7.21. The number of carbonyl (C=O) groups excluding carboxylic acids is 1. The molecule has 0 aliphatic heterocycles. The van der Waals surface area contributed by atoms with E-state index in [1.165, 1.54) is 51.8 Å². The number of rotatable bonds is 14. The molecule has 0 aromatic heterocycles. The summed E-state index contributed by atoms with van der Waals surface area (Å²) in [6, 6.07) is 8.73. The number of hydrogen-bond donors (Lipinski definition) is 0. The zero-order valence-electron chi connectivity index (χ0n) is 17.3. The maximum atomic E-state index is 11.5. The third kappa shape index (κ3) is 7.89. The van der Waals surface area contributed by atoms with Gasteiger partial charge in [-0.3, -0.25) is 0 Å². The molecule has 26 heavy (non-hydrogen) atoms. The second kappa shape index (κ2) is 13.5. The van der Waals surface area contributed by atoms with Crippen LogP contribution in [0.5, 0.6) is 5.75 Å². The van der Waals surface area contributed by atoms with Gasteiger partial charge in [0.25, 0.3) is 0 Å². The van der Waals surface area contributed by atoms with Crippen LogP contribution in [0.4, 0.5) is 0 Å². The SMILES string of the molecule is CCC[CH2][Sn]([CH2]CCC)([CH2]CCC)[c]1ccc(OCC(=O)OCC)cc1. The molecule has 1 aromatic rings. The molecule has 3 nitrogen and oxygen atoms in total. The molecule has 0 N–H and O–H groups in total. The Morgan fingerprint density at radius 2 is 1.35 bits per heavy atom. The van der Waals surface area contributed by atoms with Crippen LogP contribution in [0.2, 0.25) is 13.3 Å². The van der Waals surface area contributed by atoms with Crippen molar-refractivity contribution in [1.29, 1.82) is 0 Å². The fourth-order valence-corrected chi connectivity index (χ4v) is 19.5. The molecule has 148 valence electrons. The van der Waals surface area contributed by atoms with Gasteiger partial charge in [0.15, 0.2) is 0 Å². The van der Waals surface area contributed by atoms with Crippen molar-refractivity contribution in [3.63, 3.8) is 0 Å². The van der Waals surface area contributed by atoms with Crippen LogP contribution in [-0.2, 0) is 9.53 Å². The van der Waals surface area contributed by atoms with Crippen LogP contribution in [-0.4, -0.2) is 37.6 Å². The third-order valence-corrected chi connectivity index (χ3v) is 20.8. The molecule has 0 spiro atoms. The molecule has 0 amide bonds. The monoisotopic (exact) mass is 470 g/mol. The first-order valence-corrected chi connectivity index (χ1v) is 18.0. The van der Waals surface area contributed by atoms with Crippen LogP contribution in [0.25, 0.3) is 0 Å². The minimum absolute atomic E-state index is 0.0108. The van der Waals surface area contributed by atoms with E-state index in [0.717, 1.165) is 5.75 Å². The predicted molar refractivity (Wildman–Crippen MR) is 113 cm³/mol. The standard InChI is InChI=1S/C10H11O3.3C4H9.Sn/c1-2-12-10(11)8-13-9-6-4-3-5-7-9;3*1-3-4-2;/h4-7H,2,8H2,1H3;3*1,3-4H2,2H3;. The molecule has 1 aromatic carbocycles. The fourth-order valence-electron chi connectivity index (χ4n) is 3.60. The summed E-state index contributed by atoms with van der Waals surface area (Å²) in [5, 5.41) is 0. The van der Waals surface area contributed by atoms with Crippen LogP contribution >= 0.6 is 0 Å². The Bertz CT molecular complexity index is 477. The number of carbonyl (C=O) groups is 1. The number of hydrogen-bond acceptors (Lipinski definition) is 3. The Hall–Kier alpha value is -0.711. The topological polar surface area (TPSA) is 35.5 Å². The number of ether oxygens (including phenoxy) is 2. The Morgan fingerprint density at radius 3 is 1.77 bits per heavy atom. The van der Waals surface area contributed by atoms with Crippen molar-refractivity contribution in [2.24, 2.45) is 0 Å². The summed E-state index contributed by atoms with van der Waals surface area (Å²) in [6.07, 6.45) is 7.97. The van der Waals surface area contributed by atoms with Gasteiger partial charge in [0.05, 0.1) is 0 Å². The molecule has 0 saturated carbocycles. The zero-order valence-corrected chi connectivity index (χ0v) is 20.2. The Labute approximate surface area is 164 Å². The van der Waals surface area contributed by atoms with Crippen molar-refractivity contribution in [1.82, 2.24) is 0 Å². The van der Waals surface area contributed by atoms with Crippen LogP contribution in [0.3, 0.4) is 0 Å². The van der Waals surface area contributed by atoms with E-state index in [1.807, 2.05) is 6.92 Å². The van der Waals surface area contributed by atoms with Crippen molar-refractivity contribution in [3.8, 4) is 5.75 Å². The van der Waals surface area contributed by atoms with E-state index >= 15 is 0 Å². The molecular weight excluding hydrogens is 431 g/mol. The number of benzene rings is 1. The van der Waals surface area contributed by atoms with Crippen LogP contribution in [0.1, 0.15) is 66.2 Å². The van der Waals surface area contributed by atoms with Gasteiger partial charge in [-0.2, -0.15) is 0 Å². The first kappa shape index (κ1) is 23.3. The molecule has 4 heteroatoms. The third-order valence-electron chi connectivity index (χ3n) is 5.16. The predicted octanol–water partition coefficient (Wildman–Crippen LogP) is 5.68. The average molecular weight is 469 g/mol. The molecule has 0 heterocycles. The van der Waals surface area contributed by atoms with Crippen LogP contribution in [0.15, 0.2) is 24.3 Å². The second-order valence-corrected chi connectivity index (χ2v) is 20.4. The van der Waals surface area contributed by atoms with Gasteiger partial charge in [-0.1, -0.05) is 0 Å². The molecule has 0 aliphatic rings. The van der Waals surface area contributed by atoms with Gasteiger partial charge in [-0.15, -0.1) is 0 Å². The van der Waals surface area contributed by atoms with Crippen molar-refractivity contribution in [3.05, 3.63) is 24.3 Å². The van der Waals surface area contributed by atoms with E-state index < -0.39 is 18.4 Å². The summed E-state index contributed by atoms with van der Waals surface area (Å²) in [7, 11) is 0. The molecule has 0 radical (unpaired) electrons. The summed E-state index contributed by atoms with van der Waals surface area (Å²) in [5.74, 6) is 0.461. The van der Waals surface area contributed by atoms with Crippen LogP contribution < -0.4 is 8.32 Å². The molecule has 0 unspecified atom stereocenters. The Kier molecular flexibility index (Phi) is 12.1. The first-order chi connectivity index (χ1) is 12.6. The van der Waals surface area contributed by atoms with E-state index in [9.17, 15) is 4.79 Å². The quantitative estimate of drug-likeness (QED) is 0.260. The van der Waals surface area contributed by atoms with Crippen LogP contribution in [0, 0.1) is 0 Å². The van der Waals surface area contributed by atoms with Crippen molar-refractivity contribution in [2.45, 2.75) is 79.5 Å². The number of esters is 1. The summed E-state index contributed by atoms with van der Waals surface area (Å²) in [4.78, 5) is 11.5. The van der Waals surface area contributed by atoms with Gasteiger partial charge in [-0.25, -0.2) is 0 Å². The summed E-state index contributed by atoms with van der Waals surface area (Å²) in [5.41, 5.74) is 0. The molecule has 1 rings (SSSR count). The van der Waals surface area contributed by atoms with Gasteiger partial charge in [0.2, 0.25) is 0 Å². The summed E-state index contributed by atoms with van der Waals surface area (Å²) < 4.78 is 16.5. The van der Waals surface area contributed by atoms with Crippen molar-refractivity contribution < 1.29 is 14.3 Å². The maximum absolute atomic E-state index is 11.5. The molecule has 0 atom stereocenters. The van der Waals surface area contributed by atoms with Gasteiger partial charge < -0.3 is 0 Å². The fraction of sp³-hybridized carbons (Fsp3) is 0.682. The van der Waals surface area contributed by atoms with Crippen molar-refractivity contribution >= 4 is 27.9 Å².